The predicted molar refractivity (Wildman–Crippen MR) is 123 cm³/mol. The van der Waals surface area contributed by atoms with E-state index < -0.39 is 0 Å². The van der Waals surface area contributed by atoms with Gasteiger partial charge in [0.25, 0.3) is 0 Å². The number of nitrogen functional groups attached to an aromatic ring is 1. The number of hydrogen-bond donors (Lipinski definition) is 1. The molecular formula is C23H32N6O3. The molecule has 1 amide bonds. The first-order chi connectivity index (χ1) is 15.5. The maximum absolute atomic E-state index is 12.1. The summed E-state index contributed by atoms with van der Waals surface area (Å²) in [6.45, 7) is 7.70. The number of pyridine rings is 1. The van der Waals surface area contributed by atoms with Crippen molar-refractivity contribution in [3.63, 3.8) is 0 Å². The average molecular weight is 441 g/mol. The van der Waals surface area contributed by atoms with Gasteiger partial charge >= 0.3 is 0 Å². The summed E-state index contributed by atoms with van der Waals surface area (Å²) in [7, 11) is 1.56. The fourth-order valence-electron chi connectivity index (χ4n) is 4.41. The summed E-state index contributed by atoms with van der Waals surface area (Å²) >= 11 is 0. The van der Waals surface area contributed by atoms with Crippen LogP contribution in [-0.4, -0.2) is 71.8 Å². The van der Waals surface area contributed by atoms with Crippen LogP contribution in [0.25, 0.3) is 11.4 Å². The van der Waals surface area contributed by atoms with Crippen LogP contribution in [0.1, 0.15) is 44.7 Å². The molecule has 1 unspecified atom stereocenters. The van der Waals surface area contributed by atoms with Crippen molar-refractivity contribution in [2.45, 2.75) is 45.1 Å². The van der Waals surface area contributed by atoms with E-state index in [2.05, 4.69) is 22.9 Å². The third-order valence-corrected chi connectivity index (χ3v) is 6.25. The van der Waals surface area contributed by atoms with Crippen LogP contribution >= 0.6 is 0 Å². The minimum Gasteiger partial charge on any atom is -0.481 e. The number of anilines is 2. The van der Waals surface area contributed by atoms with Crippen molar-refractivity contribution in [3.8, 4) is 17.3 Å². The summed E-state index contributed by atoms with van der Waals surface area (Å²) in [5.41, 5.74) is 7.78. The number of amides is 1. The van der Waals surface area contributed by atoms with Crippen LogP contribution in [0, 0.1) is 0 Å². The van der Waals surface area contributed by atoms with E-state index >= 15 is 0 Å². The quantitative estimate of drug-likeness (QED) is 0.756. The first-order valence-electron chi connectivity index (χ1n) is 11.3. The summed E-state index contributed by atoms with van der Waals surface area (Å²) in [4.78, 5) is 30.3. The summed E-state index contributed by atoms with van der Waals surface area (Å²) in [6.07, 6.45) is 2.33. The van der Waals surface area contributed by atoms with Crippen molar-refractivity contribution < 1.29 is 14.3 Å². The van der Waals surface area contributed by atoms with Gasteiger partial charge in [-0.2, -0.15) is 4.98 Å². The van der Waals surface area contributed by atoms with Gasteiger partial charge in [-0.3, -0.25) is 4.79 Å². The van der Waals surface area contributed by atoms with E-state index in [4.69, 9.17) is 25.2 Å². The maximum atomic E-state index is 12.1. The monoisotopic (exact) mass is 440 g/mol. The molecule has 0 saturated carbocycles. The van der Waals surface area contributed by atoms with Crippen LogP contribution in [-0.2, 0) is 9.53 Å². The van der Waals surface area contributed by atoms with E-state index in [0.717, 1.165) is 49.6 Å². The van der Waals surface area contributed by atoms with Crippen molar-refractivity contribution in [3.05, 3.63) is 23.9 Å². The fourth-order valence-corrected chi connectivity index (χ4v) is 4.41. The zero-order valence-electron chi connectivity index (χ0n) is 19.1. The molecule has 2 aromatic heterocycles. The highest BCUT2D eigenvalue weighted by atomic mass is 16.5. The molecule has 1 atom stereocenters. The smallest absolute Gasteiger partial charge is 0.222 e. The predicted octanol–water partition coefficient (Wildman–Crippen LogP) is 2.47. The van der Waals surface area contributed by atoms with Crippen molar-refractivity contribution in [1.82, 2.24) is 19.9 Å². The Kier molecular flexibility index (Phi) is 6.74. The van der Waals surface area contributed by atoms with Gasteiger partial charge in [0.15, 0.2) is 5.82 Å². The Hall–Kier alpha value is -2.94. The number of aromatic nitrogens is 3. The highest BCUT2D eigenvalue weighted by Crippen LogP contribution is 2.32. The molecule has 172 valence electrons. The maximum Gasteiger partial charge on any atom is 0.222 e. The second-order valence-corrected chi connectivity index (χ2v) is 8.42. The second-order valence-electron chi connectivity index (χ2n) is 8.42. The van der Waals surface area contributed by atoms with Gasteiger partial charge in [0, 0.05) is 55.4 Å². The van der Waals surface area contributed by atoms with Crippen LogP contribution in [0.2, 0.25) is 0 Å². The third kappa shape index (κ3) is 4.77. The highest BCUT2D eigenvalue weighted by Gasteiger charge is 2.27. The van der Waals surface area contributed by atoms with E-state index in [9.17, 15) is 4.79 Å². The van der Waals surface area contributed by atoms with E-state index in [1.165, 1.54) is 0 Å². The Morgan fingerprint density at radius 3 is 2.66 bits per heavy atom. The van der Waals surface area contributed by atoms with E-state index in [-0.39, 0.29) is 17.9 Å². The molecule has 2 aliphatic rings. The lowest BCUT2D eigenvalue weighted by molar-refractivity contribution is -0.131. The summed E-state index contributed by atoms with van der Waals surface area (Å²) in [6, 6.07) is 5.91. The van der Waals surface area contributed by atoms with Gasteiger partial charge in [0.1, 0.15) is 11.6 Å². The molecule has 4 rings (SSSR count). The summed E-state index contributed by atoms with van der Waals surface area (Å²) < 4.78 is 10.9. The van der Waals surface area contributed by atoms with Gasteiger partial charge in [-0.1, -0.05) is 6.92 Å². The van der Waals surface area contributed by atoms with Crippen LogP contribution < -0.4 is 15.4 Å². The van der Waals surface area contributed by atoms with Gasteiger partial charge in [-0.25, -0.2) is 9.97 Å². The third-order valence-electron chi connectivity index (χ3n) is 6.25. The second kappa shape index (κ2) is 9.68. The first kappa shape index (κ1) is 22.3. The normalized spacial score (nSPS) is 19.8. The van der Waals surface area contributed by atoms with E-state index in [0.29, 0.717) is 37.2 Å². The fraction of sp³-hybridized carbons (Fsp3) is 0.565. The number of ether oxygens (including phenoxy) is 2. The molecule has 4 heterocycles. The molecule has 0 aliphatic carbocycles. The lowest BCUT2D eigenvalue weighted by Crippen LogP contribution is -2.44. The summed E-state index contributed by atoms with van der Waals surface area (Å²) in [5, 5.41) is 0. The zero-order valence-corrected chi connectivity index (χ0v) is 19.1. The van der Waals surface area contributed by atoms with Crippen LogP contribution in [0.4, 0.5) is 11.6 Å². The van der Waals surface area contributed by atoms with Crippen LogP contribution in [0.3, 0.4) is 0 Å². The molecule has 0 spiro atoms. The Balaban J connectivity index is 1.70. The largest absolute Gasteiger partial charge is 0.481 e. The number of likely N-dealkylation sites (tertiary alicyclic amines) is 1. The van der Waals surface area contributed by atoms with E-state index in [1.807, 2.05) is 17.9 Å². The first-order valence-corrected chi connectivity index (χ1v) is 11.3. The number of piperidine rings is 1. The number of carbonyl (C=O) groups is 1. The molecule has 2 saturated heterocycles. The molecule has 0 aromatic carbocycles. The van der Waals surface area contributed by atoms with Crippen LogP contribution in [0.15, 0.2) is 18.2 Å². The van der Waals surface area contributed by atoms with Gasteiger partial charge in [-0.15, -0.1) is 0 Å². The van der Waals surface area contributed by atoms with Gasteiger partial charge in [0.2, 0.25) is 11.8 Å². The number of carbonyl (C=O) groups excluding carboxylic acids is 1. The SMILES string of the molecule is CCC(=O)N1CCC(c2cc(N3CCOCC3C)nc(-c3cc(N)nc(OC)c3)n2)CC1. The van der Waals surface area contributed by atoms with Crippen molar-refractivity contribution in [2.75, 3.05) is 50.6 Å². The molecule has 2 fully saturated rings. The number of nitrogens with two attached hydrogens (primary N) is 1. The number of hydrogen-bond acceptors (Lipinski definition) is 8. The Labute approximate surface area is 188 Å². The lowest BCUT2D eigenvalue weighted by atomic mass is 9.92. The van der Waals surface area contributed by atoms with E-state index in [1.54, 1.807) is 13.2 Å². The molecule has 9 heteroatoms. The minimum atomic E-state index is 0.217. The molecular weight excluding hydrogens is 408 g/mol. The summed E-state index contributed by atoms with van der Waals surface area (Å²) in [5.74, 6) is 2.78. The van der Waals surface area contributed by atoms with Crippen molar-refractivity contribution in [1.29, 1.82) is 0 Å². The topological polar surface area (TPSA) is 107 Å². The van der Waals surface area contributed by atoms with Crippen molar-refractivity contribution >= 4 is 17.5 Å². The Bertz CT molecular complexity index is 961. The molecule has 9 nitrogen and oxygen atoms in total. The van der Waals surface area contributed by atoms with Crippen molar-refractivity contribution in [2.24, 2.45) is 0 Å². The number of methoxy groups -OCH3 is 1. The number of nitrogens with zero attached hydrogens (tertiary/aromatic N) is 5. The van der Waals surface area contributed by atoms with Crippen LogP contribution in [0.5, 0.6) is 5.88 Å². The van der Waals surface area contributed by atoms with Gasteiger partial charge in [-0.05, 0) is 25.8 Å². The lowest BCUT2D eigenvalue weighted by Gasteiger charge is -2.35. The highest BCUT2D eigenvalue weighted by molar-refractivity contribution is 5.75. The molecule has 0 bridgehead atoms. The van der Waals surface area contributed by atoms with Gasteiger partial charge < -0.3 is 25.0 Å². The Morgan fingerprint density at radius 2 is 1.97 bits per heavy atom. The van der Waals surface area contributed by atoms with Gasteiger partial charge in [0.05, 0.1) is 26.4 Å². The standard InChI is InChI=1S/C23H32N6O3/c1-4-22(30)28-7-5-16(6-8-28)18-13-20(29-9-10-32-14-15(29)2)27-23(25-18)17-11-19(24)26-21(12-17)31-3/h11-13,15-16H,4-10,14H2,1-3H3,(H2,24,26). The number of morpholine rings is 1. The molecule has 2 aromatic rings. The minimum absolute atomic E-state index is 0.217. The molecule has 2 N–H and O–H groups in total. The molecule has 0 radical (unpaired) electrons. The molecule has 32 heavy (non-hydrogen) atoms. The molecule has 2 aliphatic heterocycles. The average Bonchev–Trinajstić information content (AvgIpc) is 2.83. The zero-order chi connectivity index (χ0) is 22.7. The number of rotatable bonds is 5. The Morgan fingerprint density at radius 1 is 1.19 bits per heavy atom.